The maximum absolute atomic E-state index is 13.0. The number of hydrogen-bond acceptors (Lipinski definition) is 5. The normalized spacial score (nSPS) is 12.9. The van der Waals surface area contributed by atoms with E-state index in [4.69, 9.17) is 3.07 Å². The second-order valence-electron chi connectivity index (χ2n) is 13.0. The van der Waals surface area contributed by atoms with E-state index in [2.05, 4.69) is 53.4 Å². The molecule has 1 heterocycles. The standard InChI is InChI=1S/C10H9NO3.C4H3NO2.6C4H9.2Sn/c1-2-9(12)11-8-5-3-4-7(6-8)10(13)14;6-3-1-2-4(7)5-3;6*1-3-4-2;;/h2-6H,1H2,(H,11,12)(H,13,14);1-2H,(H,5,6,7);6*1,3-4H2,2H3;;/q;;;;;;;;2*+1/p-2. The average molecular weight is 866 g/mol. The van der Waals surface area contributed by atoms with E-state index in [1.165, 1.54) is 37.5 Å². The van der Waals surface area contributed by atoms with Gasteiger partial charge >= 0.3 is 297 Å². The molecule has 0 radical (unpaired) electrons. The van der Waals surface area contributed by atoms with Crippen LogP contribution >= 0.6 is 0 Å². The van der Waals surface area contributed by atoms with Gasteiger partial charge in [0.2, 0.25) is 0 Å². The number of rotatable bonds is 23. The molecule has 0 bridgehead atoms. The molecule has 264 valence electrons. The van der Waals surface area contributed by atoms with Crippen molar-refractivity contribution in [2.75, 3.05) is 5.32 Å². The van der Waals surface area contributed by atoms with Crippen molar-refractivity contribution >= 4 is 66.8 Å². The predicted molar refractivity (Wildman–Crippen MR) is 201 cm³/mol. The number of carbonyl (C=O) groups is 4. The van der Waals surface area contributed by atoms with Crippen LogP contribution in [0.1, 0.15) is 129 Å². The number of nitrogens with one attached hydrogen (secondary N) is 1. The van der Waals surface area contributed by atoms with E-state index in [9.17, 15) is 19.2 Å². The molecule has 47 heavy (non-hydrogen) atoms. The van der Waals surface area contributed by atoms with Gasteiger partial charge in [0.05, 0.1) is 0 Å². The van der Waals surface area contributed by atoms with Crippen molar-refractivity contribution in [1.82, 2.24) is 3.12 Å². The van der Waals surface area contributed by atoms with Crippen LogP contribution in [0.25, 0.3) is 0 Å². The molecular formula is C38H64N2O5Sn2. The van der Waals surface area contributed by atoms with E-state index in [-0.39, 0.29) is 23.7 Å². The van der Waals surface area contributed by atoms with Crippen molar-refractivity contribution in [3.05, 3.63) is 54.6 Å². The van der Waals surface area contributed by atoms with Gasteiger partial charge in [-0.3, -0.25) is 0 Å². The fourth-order valence-corrected chi connectivity index (χ4v) is 35.1. The zero-order valence-electron chi connectivity index (χ0n) is 30.5. The maximum atomic E-state index is 13.0. The molecule has 0 aliphatic carbocycles. The zero-order chi connectivity index (χ0) is 35.1. The number of anilines is 1. The summed E-state index contributed by atoms with van der Waals surface area (Å²) in [5.74, 6) is -0.546. The van der Waals surface area contributed by atoms with Crippen molar-refractivity contribution in [3.63, 3.8) is 0 Å². The van der Waals surface area contributed by atoms with Crippen LogP contribution in [0.3, 0.4) is 0 Å². The predicted octanol–water partition coefficient (Wildman–Crippen LogP) is 10.6. The van der Waals surface area contributed by atoms with Gasteiger partial charge in [-0.1, -0.05) is 0 Å². The van der Waals surface area contributed by atoms with Crippen LogP contribution in [0.5, 0.6) is 0 Å². The third-order valence-corrected chi connectivity index (χ3v) is 36.6. The topological polar surface area (TPSA) is 92.8 Å². The summed E-state index contributed by atoms with van der Waals surface area (Å²) in [4.78, 5) is 48.8. The van der Waals surface area contributed by atoms with Gasteiger partial charge in [0.15, 0.2) is 0 Å². The number of nitrogens with zero attached hydrogens (tertiary/aromatic N) is 1. The van der Waals surface area contributed by atoms with Crippen molar-refractivity contribution in [2.45, 2.75) is 145 Å². The molecule has 0 aromatic heterocycles. The Kier molecular flexibility index (Phi) is 22.6. The van der Waals surface area contributed by atoms with Crippen LogP contribution in [-0.4, -0.2) is 64.3 Å². The molecule has 9 heteroatoms. The van der Waals surface area contributed by atoms with Gasteiger partial charge in [0, 0.05) is 0 Å². The molecule has 0 saturated carbocycles. The quantitative estimate of drug-likeness (QED) is 0.0672. The average Bonchev–Trinajstić information content (AvgIpc) is 3.43. The first-order valence-electron chi connectivity index (χ1n) is 18.4. The minimum atomic E-state index is -3.00. The Bertz CT molecular complexity index is 1090. The van der Waals surface area contributed by atoms with Crippen molar-refractivity contribution in [3.8, 4) is 0 Å². The molecule has 0 saturated heterocycles. The molecule has 0 unspecified atom stereocenters. The summed E-state index contributed by atoms with van der Waals surface area (Å²) in [6.45, 7) is 16.6. The number of imide groups is 1. The first kappa shape index (κ1) is 43.4. The molecule has 1 aliphatic rings. The Hall–Kier alpha value is -1.62. The molecular weight excluding hydrogens is 802 g/mol. The molecule has 1 N–H and O–H groups in total. The second kappa shape index (κ2) is 24.5. The van der Waals surface area contributed by atoms with E-state index >= 15 is 0 Å². The molecule has 1 aromatic carbocycles. The van der Waals surface area contributed by atoms with Gasteiger partial charge in [-0.2, -0.15) is 0 Å². The Morgan fingerprint density at radius 1 is 0.723 bits per heavy atom. The van der Waals surface area contributed by atoms with Gasteiger partial charge in [-0.05, 0) is 0 Å². The molecule has 0 atom stereocenters. The summed E-state index contributed by atoms with van der Waals surface area (Å²) in [5, 5.41) is 2.70. The van der Waals surface area contributed by atoms with E-state index < -0.39 is 37.4 Å². The molecule has 1 aliphatic heterocycles. The Balaban J connectivity index is 0.000000491. The zero-order valence-corrected chi connectivity index (χ0v) is 36.2. The number of amides is 3. The third kappa shape index (κ3) is 15.2. The second-order valence-corrected chi connectivity index (χ2v) is 37.2. The van der Waals surface area contributed by atoms with E-state index in [1.54, 1.807) is 27.4 Å². The van der Waals surface area contributed by atoms with E-state index in [0.717, 1.165) is 84.4 Å². The van der Waals surface area contributed by atoms with Gasteiger partial charge in [-0.25, -0.2) is 0 Å². The first-order valence-corrected chi connectivity index (χ1v) is 33.0. The fraction of sp³-hybridized carbons (Fsp3) is 0.632. The molecule has 0 fully saturated rings. The van der Waals surface area contributed by atoms with Crippen LogP contribution in [0.2, 0.25) is 26.6 Å². The minimum absolute atomic E-state index is 0.0193. The molecule has 0 spiro atoms. The van der Waals surface area contributed by atoms with Crippen LogP contribution in [0.15, 0.2) is 49.1 Å². The van der Waals surface area contributed by atoms with Crippen molar-refractivity contribution < 1.29 is 22.3 Å². The van der Waals surface area contributed by atoms with Crippen LogP contribution in [-0.2, 0) is 17.5 Å². The summed E-state index contributed by atoms with van der Waals surface area (Å²) in [6.07, 6.45) is 18.0. The molecule has 3 amide bonds. The van der Waals surface area contributed by atoms with Crippen molar-refractivity contribution in [1.29, 1.82) is 0 Å². The summed E-state index contributed by atoms with van der Waals surface area (Å²) < 4.78 is 14.9. The van der Waals surface area contributed by atoms with Crippen LogP contribution in [0.4, 0.5) is 5.69 Å². The monoisotopic (exact) mass is 868 g/mol. The van der Waals surface area contributed by atoms with Gasteiger partial charge in [0.25, 0.3) is 0 Å². The summed E-state index contributed by atoms with van der Waals surface area (Å²) in [7, 11) is 0. The Labute approximate surface area is 295 Å². The van der Waals surface area contributed by atoms with Crippen LogP contribution < -0.4 is 5.32 Å². The first-order chi connectivity index (χ1) is 22.6. The van der Waals surface area contributed by atoms with Crippen molar-refractivity contribution in [2.24, 2.45) is 0 Å². The molecule has 1 aromatic rings. The summed E-state index contributed by atoms with van der Waals surface area (Å²) in [5.41, 5.74) is 1.10. The van der Waals surface area contributed by atoms with Gasteiger partial charge in [0.1, 0.15) is 0 Å². The number of carbonyl (C=O) groups excluding carboxylic acids is 4. The Morgan fingerprint density at radius 3 is 1.55 bits per heavy atom. The Morgan fingerprint density at radius 2 is 1.15 bits per heavy atom. The van der Waals surface area contributed by atoms with E-state index in [0.29, 0.717) is 11.3 Å². The number of benzene rings is 1. The van der Waals surface area contributed by atoms with E-state index in [1.807, 2.05) is 0 Å². The fourth-order valence-electron chi connectivity index (χ4n) is 6.29. The summed E-state index contributed by atoms with van der Waals surface area (Å²) in [6, 6.07) is 7.00. The third-order valence-electron chi connectivity index (χ3n) is 9.09. The van der Waals surface area contributed by atoms with Gasteiger partial charge in [-0.15, -0.1) is 0 Å². The summed E-state index contributed by atoms with van der Waals surface area (Å²) >= 11 is -5.86. The molecule has 7 nitrogen and oxygen atoms in total. The SMILES string of the molecule is C=CC(=O)Nc1cccc(C(=O)[O][Sn]([CH2]CCC)([CH2]CCC)[CH2]CCC)c1.CCC[CH2][Sn]([CH2]CCC)([CH2]CCC)[N]1C(=O)C=CC1=O. The van der Waals surface area contributed by atoms with Crippen LogP contribution in [0, 0.1) is 0 Å². The number of unbranched alkanes of at least 4 members (excludes halogenated alkanes) is 6. The number of hydrogen-bond donors (Lipinski definition) is 1. The molecule has 2 rings (SSSR count). The van der Waals surface area contributed by atoms with Gasteiger partial charge < -0.3 is 0 Å².